The molecular weight excluding hydrogens is 334 g/mol. The van der Waals surface area contributed by atoms with E-state index in [4.69, 9.17) is 10.9 Å². The molecule has 1 fully saturated rings. The van der Waals surface area contributed by atoms with E-state index < -0.39 is 0 Å². The molecule has 6 heteroatoms. The van der Waals surface area contributed by atoms with Gasteiger partial charge in [0.1, 0.15) is 0 Å². The maximum atomic E-state index is 12.8. The average Bonchev–Trinajstić information content (AvgIpc) is 2.97. The standard InChI is InChI=1S/C15H20BrN3O2/c1-10-8-11(16)6-7-13(10)15(20)19(9-14(17)18-21)12-4-2-3-5-12/h6-8,12,21H,2-5,9H2,1H3,(H2,17,18). The molecule has 1 aromatic rings. The van der Waals surface area contributed by atoms with E-state index >= 15 is 0 Å². The summed E-state index contributed by atoms with van der Waals surface area (Å²) in [4.78, 5) is 14.6. The van der Waals surface area contributed by atoms with Crippen molar-refractivity contribution in [2.45, 2.75) is 38.6 Å². The lowest BCUT2D eigenvalue weighted by Gasteiger charge is -2.29. The molecule has 0 heterocycles. The van der Waals surface area contributed by atoms with Crippen molar-refractivity contribution in [3.05, 3.63) is 33.8 Å². The Morgan fingerprint density at radius 2 is 2.14 bits per heavy atom. The molecular formula is C15H20BrN3O2. The van der Waals surface area contributed by atoms with E-state index in [2.05, 4.69) is 21.1 Å². The van der Waals surface area contributed by atoms with Gasteiger partial charge in [-0.15, -0.1) is 0 Å². The van der Waals surface area contributed by atoms with Gasteiger partial charge in [-0.2, -0.15) is 0 Å². The molecule has 0 radical (unpaired) electrons. The highest BCUT2D eigenvalue weighted by Crippen LogP contribution is 2.26. The highest BCUT2D eigenvalue weighted by atomic mass is 79.9. The zero-order valence-electron chi connectivity index (χ0n) is 12.1. The van der Waals surface area contributed by atoms with Crippen LogP contribution in [0.15, 0.2) is 27.8 Å². The normalized spacial score (nSPS) is 16.2. The van der Waals surface area contributed by atoms with Crippen molar-refractivity contribution >= 4 is 27.7 Å². The van der Waals surface area contributed by atoms with Crippen LogP contribution in [-0.4, -0.2) is 34.4 Å². The number of hydrogen-bond acceptors (Lipinski definition) is 3. The monoisotopic (exact) mass is 353 g/mol. The van der Waals surface area contributed by atoms with Crippen molar-refractivity contribution in [1.82, 2.24) is 4.90 Å². The molecule has 1 amide bonds. The van der Waals surface area contributed by atoms with E-state index in [0.717, 1.165) is 35.7 Å². The Balaban J connectivity index is 2.28. The maximum absolute atomic E-state index is 12.8. The summed E-state index contributed by atoms with van der Waals surface area (Å²) in [5.41, 5.74) is 7.19. The largest absolute Gasteiger partial charge is 0.409 e. The lowest BCUT2D eigenvalue weighted by Crippen LogP contribution is -2.44. The van der Waals surface area contributed by atoms with Crippen LogP contribution in [-0.2, 0) is 0 Å². The number of amidine groups is 1. The quantitative estimate of drug-likeness (QED) is 0.378. The Morgan fingerprint density at radius 3 is 2.71 bits per heavy atom. The molecule has 1 saturated carbocycles. The molecule has 3 N–H and O–H groups in total. The van der Waals surface area contributed by atoms with Crippen LogP contribution in [0, 0.1) is 6.92 Å². The highest BCUT2D eigenvalue weighted by Gasteiger charge is 2.28. The summed E-state index contributed by atoms with van der Waals surface area (Å²) in [6.45, 7) is 2.07. The Kier molecular flexibility index (Phi) is 5.22. The lowest BCUT2D eigenvalue weighted by molar-refractivity contribution is 0.0711. The van der Waals surface area contributed by atoms with Gasteiger partial charge in [-0.1, -0.05) is 33.9 Å². The third-order valence-corrected chi connectivity index (χ3v) is 4.40. The van der Waals surface area contributed by atoms with Gasteiger partial charge in [0.05, 0.1) is 6.54 Å². The fourth-order valence-corrected chi connectivity index (χ4v) is 3.29. The van der Waals surface area contributed by atoms with E-state index in [0.29, 0.717) is 5.56 Å². The summed E-state index contributed by atoms with van der Waals surface area (Å²) in [7, 11) is 0. The number of benzene rings is 1. The fourth-order valence-electron chi connectivity index (χ4n) is 2.81. The van der Waals surface area contributed by atoms with E-state index in [1.165, 1.54) is 0 Å². The number of rotatable bonds is 4. The zero-order chi connectivity index (χ0) is 15.4. The molecule has 1 aliphatic carbocycles. The van der Waals surface area contributed by atoms with Gasteiger partial charge < -0.3 is 15.8 Å². The minimum Gasteiger partial charge on any atom is -0.409 e. The number of oxime groups is 1. The topological polar surface area (TPSA) is 78.9 Å². The molecule has 0 aromatic heterocycles. The first-order valence-corrected chi connectivity index (χ1v) is 7.85. The van der Waals surface area contributed by atoms with Crippen LogP contribution < -0.4 is 5.73 Å². The average molecular weight is 354 g/mol. The predicted octanol–water partition coefficient (Wildman–Crippen LogP) is 2.89. The van der Waals surface area contributed by atoms with Crippen LogP contribution in [0.5, 0.6) is 0 Å². The van der Waals surface area contributed by atoms with E-state index in [9.17, 15) is 4.79 Å². The Labute approximate surface area is 132 Å². The fraction of sp³-hybridized carbons (Fsp3) is 0.467. The van der Waals surface area contributed by atoms with Crippen molar-refractivity contribution in [2.24, 2.45) is 10.9 Å². The molecule has 0 atom stereocenters. The van der Waals surface area contributed by atoms with Crippen molar-refractivity contribution in [2.75, 3.05) is 6.54 Å². The molecule has 1 aromatic carbocycles. The maximum Gasteiger partial charge on any atom is 0.254 e. The molecule has 21 heavy (non-hydrogen) atoms. The van der Waals surface area contributed by atoms with Crippen LogP contribution in [0.3, 0.4) is 0 Å². The zero-order valence-corrected chi connectivity index (χ0v) is 13.6. The van der Waals surface area contributed by atoms with Gasteiger partial charge in [0.2, 0.25) is 0 Å². The highest BCUT2D eigenvalue weighted by molar-refractivity contribution is 9.10. The molecule has 0 bridgehead atoms. The third-order valence-electron chi connectivity index (χ3n) is 3.91. The van der Waals surface area contributed by atoms with Gasteiger partial charge in [0, 0.05) is 16.1 Å². The summed E-state index contributed by atoms with van der Waals surface area (Å²) < 4.78 is 0.945. The molecule has 1 aliphatic rings. The number of amides is 1. The third kappa shape index (κ3) is 3.75. The molecule has 0 unspecified atom stereocenters. The molecule has 2 rings (SSSR count). The van der Waals surface area contributed by atoms with Crippen molar-refractivity contribution in [3.8, 4) is 0 Å². The van der Waals surface area contributed by atoms with Gasteiger partial charge in [-0.05, 0) is 43.5 Å². The Morgan fingerprint density at radius 1 is 1.48 bits per heavy atom. The first kappa shape index (κ1) is 15.8. The Bertz CT molecular complexity index is 554. The van der Waals surface area contributed by atoms with Crippen LogP contribution in [0.1, 0.15) is 41.6 Å². The van der Waals surface area contributed by atoms with E-state index in [1.807, 2.05) is 25.1 Å². The Hall–Kier alpha value is -1.56. The number of nitrogens with two attached hydrogens (primary N) is 1. The van der Waals surface area contributed by atoms with Crippen molar-refractivity contribution < 1.29 is 10.0 Å². The molecule has 0 aliphatic heterocycles. The second kappa shape index (κ2) is 6.93. The summed E-state index contributed by atoms with van der Waals surface area (Å²) in [6.07, 6.45) is 4.17. The number of halogens is 1. The number of carbonyl (C=O) groups excluding carboxylic acids is 1. The van der Waals surface area contributed by atoms with Crippen LogP contribution in [0.4, 0.5) is 0 Å². The van der Waals surface area contributed by atoms with Gasteiger partial charge in [0.25, 0.3) is 5.91 Å². The van der Waals surface area contributed by atoms with Crippen LogP contribution in [0.2, 0.25) is 0 Å². The van der Waals surface area contributed by atoms with Crippen molar-refractivity contribution in [1.29, 1.82) is 0 Å². The minimum absolute atomic E-state index is 0.0569. The summed E-state index contributed by atoms with van der Waals surface area (Å²) in [6, 6.07) is 5.76. The van der Waals surface area contributed by atoms with Crippen LogP contribution >= 0.6 is 15.9 Å². The minimum atomic E-state index is -0.0569. The lowest BCUT2D eigenvalue weighted by atomic mass is 10.1. The van der Waals surface area contributed by atoms with Crippen molar-refractivity contribution in [3.63, 3.8) is 0 Å². The number of carbonyl (C=O) groups is 1. The molecule has 5 nitrogen and oxygen atoms in total. The SMILES string of the molecule is Cc1cc(Br)ccc1C(=O)N(CC(N)=NO)C1CCCC1. The summed E-state index contributed by atoms with van der Waals surface area (Å²) in [5, 5.41) is 11.8. The molecule has 0 saturated heterocycles. The van der Waals surface area contributed by atoms with E-state index in [1.54, 1.807) is 4.90 Å². The second-order valence-corrected chi connectivity index (χ2v) is 6.34. The second-order valence-electron chi connectivity index (χ2n) is 5.42. The van der Waals surface area contributed by atoms with Gasteiger partial charge in [-0.25, -0.2) is 0 Å². The van der Waals surface area contributed by atoms with Gasteiger partial charge >= 0.3 is 0 Å². The number of nitrogens with zero attached hydrogens (tertiary/aromatic N) is 2. The number of hydrogen-bond donors (Lipinski definition) is 2. The van der Waals surface area contributed by atoms with Crippen LogP contribution in [0.25, 0.3) is 0 Å². The number of aryl methyl sites for hydroxylation is 1. The molecule has 0 spiro atoms. The first-order chi connectivity index (χ1) is 10.0. The summed E-state index contributed by atoms with van der Waals surface area (Å²) in [5.74, 6) is 0.00325. The van der Waals surface area contributed by atoms with Gasteiger partial charge in [-0.3, -0.25) is 4.79 Å². The van der Waals surface area contributed by atoms with Gasteiger partial charge in [0.15, 0.2) is 5.84 Å². The smallest absolute Gasteiger partial charge is 0.254 e. The summed E-state index contributed by atoms with van der Waals surface area (Å²) >= 11 is 3.40. The van der Waals surface area contributed by atoms with E-state index in [-0.39, 0.29) is 24.3 Å². The first-order valence-electron chi connectivity index (χ1n) is 7.06. The molecule has 114 valence electrons. The predicted molar refractivity (Wildman–Crippen MR) is 85.6 cm³/mol.